The van der Waals surface area contributed by atoms with Gasteiger partial charge in [-0.15, -0.1) is 10.2 Å². The zero-order valence-electron chi connectivity index (χ0n) is 16.9. The summed E-state index contributed by atoms with van der Waals surface area (Å²) in [5, 5.41) is 12.1. The number of nitrogens with zero attached hydrogens (tertiary/aromatic N) is 5. The van der Waals surface area contributed by atoms with E-state index in [0.717, 1.165) is 4.90 Å². The van der Waals surface area contributed by atoms with Crippen LogP contribution in [-0.2, 0) is 19.6 Å². The van der Waals surface area contributed by atoms with Gasteiger partial charge in [-0.3, -0.25) is 19.2 Å². The first-order valence-corrected chi connectivity index (χ1v) is 11.5. The van der Waals surface area contributed by atoms with Crippen molar-refractivity contribution in [2.45, 2.75) is 19.3 Å². The molecule has 1 fully saturated rings. The number of piperidine rings is 1. The number of anilines is 1. The molecule has 0 radical (unpaired) electrons. The van der Waals surface area contributed by atoms with Crippen molar-refractivity contribution in [1.82, 2.24) is 24.9 Å². The van der Waals surface area contributed by atoms with E-state index in [9.17, 15) is 18.0 Å². The number of benzene rings is 1. The number of sulfonamides is 1. The quantitative estimate of drug-likeness (QED) is 0.506. The Bertz CT molecular complexity index is 1180. The third kappa shape index (κ3) is 5.27. The van der Waals surface area contributed by atoms with Crippen LogP contribution in [0.4, 0.5) is 5.69 Å². The second-order valence-electron chi connectivity index (χ2n) is 7.02. The zero-order valence-corrected chi connectivity index (χ0v) is 17.7. The highest BCUT2D eigenvalue weighted by atomic mass is 32.2. The van der Waals surface area contributed by atoms with E-state index in [1.54, 1.807) is 47.4 Å². The SMILES string of the molecule is O=C1CCCC(=O)N1CCS(=O)(=O)Nc1ccc(Oc2ccc(-n3cccn3)nn2)cc1. The Labute approximate surface area is 184 Å². The summed E-state index contributed by atoms with van der Waals surface area (Å²) in [4.78, 5) is 24.6. The van der Waals surface area contributed by atoms with Crippen LogP contribution in [0.5, 0.6) is 11.6 Å². The number of rotatable bonds is 8. The molecule has 0 atom stereocenters. The van der Waals surface area contributed by atoms with Crippen LogP contribution in [-0.4, -0.2) is 57.4 Å². The number of amides is 2. The molecule has 3 aromatic rings. The van der Waals surface area contributed by atoms with Gasteiger partial charge in [0.1, 0.15) is 5.75 Å². The summed E-state index contributed by atoms with van der Waals surface area (Å²) in [7, 11) is -3.75. The largest absolute Gasteiger partial charge is 0.438 e. The highest BCUT2D eigenvalue weighted by Crippen LogP contribution is 2.22. The number of imide groups is 1. The van der Waals surface area contributed by atoms with Gasteiger partial charge >= 0.3 is 0 Å². The summed E-state index contributed by atoms with van der Waals surface area (Å²) in [6, 6.07) is 11.4. The molecule has 0 aliphatic carbocycles. The van der Waals surface area contributed by atoms with E-state index in [-0.39, 0.29) is 42.8 Å². The lowest BCUT2D eigenvalue weighted by Crippen LogP contribution is -2.43. The van der Waals surface area contributed by atoms with Gasteiger partial charge < -0.3 is 4.74 Å². The molecule has 0 saturated carbocycles. The summed E-state index contributed by atoms with van der Waals surface area (Å²) in [6.45, 7) is -0.165. The molecule has 4 rings (SSSR count). The lowest BCUT2D eigenvalue weighted by atomic mass is 10.1. The molecule has 1 N–H and O–H groups in total. The van der Waals surface area contributed by atoms with E-state index in [1.165, 1.54) is 12.1 Å². The van der Waals surface area contributed by atoms with Gasteiger partial charge in [-0.05, 0) is 42.8 Å². The van der Waals surface area contributed by atoms with Crippen LogP contribution in [0.15, 0.2) is 54.9 Å². The van der Waals surface area contributed by atoms with Crippen molar-refractivity contribution in [3.05, 3.63) is 54.9 Å². The fourth-order valence-corrected chi connectivity index (χ4v) is 4.12. The summed E-state index contributed by atoms with van der Waals surface area (Å²) in [6.07, 6.45) is 4.41. The Kier molecular flexibility index (Phi) is 6.12. The minimum absolute atomic E-state index is 0.165. The van der Waals surface area contributed by atoms with Crippen molar-refractivity contribution in [3.8, 4) is 17.4 Å². The molecule has 0 unspecified atom stereocenters. The number of carbonyl (C=O) groups excluding carboxylic acids is 2. The van der Waals surface area contributed by atoms with Crippen molar-refractivity contribution in [1.29, 1.82) is 0 Å². The number of hydrogen-bond acceptors (Lipinski definition) is 8. The molecule has 2 aromatic heterocycles. The maximum Gasteiger partial charge on any atom is 0.238 e. The van der Waals surface area contributed by atoms with Gasteiger partial charge in [0.15, 0.2) is 5.82 Å². The minimum atomic E-state index is -3.75. The van der Waals surface area contributed by atoms with E-state index >= 15 is 0 Å². The predicted molar refractivity (Wildman–Crippen MR) is 114 cm³/mol. The molecule has 12 heteroatoms. The van der Waals surface area contributed by atoms with Crippen LogP contribution < -0.4 is 9.46 Å². The first kappa shape index (κ1) is 21.4. The third-order valence-corrected chi connectivity index (χ3v) is 5.95. The van der Waals surface area contributed by atoms with E-state index in [2.05, 4.69) is 20.0 Å². The summed E-state index contributed by atoms with van der Waals surface area (Å²) in [5.41, 5.74) is 0.328. The maximum absolute atomic E-state index is 12.3. The molecule has 1 aromatic carbocycles. The smallest absolute Gasteiger partial charge is 0.238 e. The van der Waals surface area contributed by atoms with Gasteiger partial charge in [-0.2, -0.15) is 5.10 Å². The fraction of sp³-hybridized carbons (Fsp3) is 0.250. The molecule has 166 valence electrons. The second kappa shape index (κ2) is 9.14. The molecule has 11 nitrogen and oxygen atoms in total. The Balaban J connectivity index is 1.33. The van der Waals surface area contributed by atoms with Gasteiger partial charge in [-0.1, -0.05) is 0 Å². The first-order valence-electron chi connectivity index (χ1n) is 9.85. The molecular formula is C20H20N6O5S. The standard InChI is InChI=1S/C20H20N6O5S/c27-19-3-1-4-20(28)25(19)13-14-32(29,30)24-15-5-7-16(8-6-15)31-18-10-9-17(22-23-18)26-12-2-11-21-26/h2,5-12,24H,1,3-4,13-14H2. The molecule has 3 heterocycles. The van der Waals surface area contributed by atoms with E-state index in [0.29, 0.717) is 23.7 Å². The maximum atomic E-state index is 12.3. The zero-order chi connectivity index (χ0) is 22.6. The number of ether oxygens (including phenoxy) is 1. The highest BCUT2D eigenvalue weighted by molar-refractivity contribution is 7.92. The predicted octanol–water partition coefficient (Wildman–Crippen LogP) is 1.74. The van der Waals surface area contributed by atoms with Gasteiger partial charge in [0.2, 0.25) is 27.7 Å². The van der Waals surface area contributed by atoms with Crippen molar-refractivity contribution in [2.24, 2.45) is 0 Å². The van der Waals surface area contributed by atoms with Crippen LogP contribution in [0, 0.1) is 0 Å². The molecule has 1 aliphatic rings. The molecule has 0 bridgehead atoms. The first-order chi connectivity index (χ1) is 15.4. The average molecular weight is 456 g/mol. The fourth-order valence-electron chi connectivity index (χ4n) is 3.10. The van der Waals surface area contributed by atoms with Gasteiger partial charge in [0, 0.05) is 43.5 Å². The Morgan fingerprint density at radius 2 is 1.75 bits per heavy atom. The van der Waals surface area contributed by atoms with Crippen LogP contribution >= 0.6 is 0 Å². The van der Waals surface area contributed by atoms with Gasteiger partial charge in [0.05, 0.1) is 5.75 Å². The van der Waals surface area contributed by atoms with E-state index in [4.69, 9.17) is 4.74 Å². The van der Waals surface area contributed by atoms with Crippen LogP contribution in [0.3, 0.4) is 0 Å². The van der Waals surface area contributed by atoms with Crippen molar-refractivity contribution in [2.75, 3.05) is 17.0 Å². The molecular weight excluding hydrogens is 436 g/mol. The minimum Gasteiger partial charge on any atom is -0.438 e. The Morgan fingerprint density at radius 3 is 2.38 bits per heavy atom. The molecule has 32 heavy (non-hydrogen) atoms. The van der Waals surface area contributed by atoms with Crippen molar-refractivity contribution in [3.63, 3.8) is 0 Å². The number of likely N-dealkylation sites (tertiary alicyclic amines) is 1. The average Bonchev–Trinajstić information content (AvgIpc) is 3.30. The number of hydrogen-bond donors (Lipinski definition) is 1. The molecule has 1 saturated heterocycles. The summed E-state index contributed by atoms with van der Waals surface area (Å²) >= 11 is 0. The van der Waals surface area contributed by atoms with Gasteiger partial charge in [0.25, 0.3) is 0 Å². The number of nitrogens with one attached hydrogen (secondary N) is 1. The summed E-state index contributed by atoms with van der Waals surface area (Å²) < 4.78 is 34.3. The van der Waals surface area contributed by atoms with Crippen molar-refractivity contribution < 1.29 is 22.7 Å². The molecule has 0 spiro atoms. The molecule has 2 amide bonds. The topological polar surface area (TPSA) is 136 Å². The lowest BCUT2D eigenvalue weighted by molar-refractivity contribution is -0.147. The van der Waals surface area contributed by atoms with E-state index < -0.39 is 10.0 Å². The second-order valence-corrected chi connectivity index (χ2v) is 8.86. The Morgan fingerprint density at radius 1 is 1.00 bits per heavy atom. The van der Waals surface area contributed by atoms with E-state index in [1.807, 2.05) is 0 Å². The van der Waals surface area contributed by atoms with Crippen LogP contribution in [0.1, 0.15) is 19.3 Å². The Hall–Kier alpha value is -3.80. The monoisotopic (exact) mass is 456 g/mol. The summed E-state index contributed by atoms with van der Waals surface area (Å²) in [5.74, 6) is 0.210. The number of aromatic nitrogens is 4. The lowest BCUT2D eigenvalue weighted by Gasteiger charge is -2.24. The van der Waals surface area contributed by atoms with Crippen molar-refractivity contribution >= 4 is 27.5 Å². The van der Waals surface area contributed by atoms with Crippen LogP contribution in [0.2, 0.25) is 0 Å². The molecule has 1 aliphatic heterocycles. The van der Waals surface area contributed by atoms with Gasteiger partial charge in [-0.25, -0.2) is 13.1 Å². The van der Waals surface area contributed by atoms with Crippen LogP contribution in [0.25, 0.3) is 5.82 Å². The normalized spacial score (nSPS) is 14.4. The number of carbonyl (C=O) groups is 2. The highest BCUT2D eigenvalue weighted by Gasteiger charge is 2.27. The third-order valence-electron chi connectivity index (χ3n) is 4.68.